The molecule has 13 heavy (non-hydrogen) atoms. The Hall–Kier alpha value is -0.383. The van der Waals surface area contributed by atoms with Gasteiger partial charge in [0, 0.05) is 6.42 Å². The van der Waals surface area contributed by atoms with Crippen LogP contribution in [0.3, 0.4) is 0 Å². The Balaban J connectivity index is 3.41. The molecular formula is C9H19FO2Si. The van der Waals surface area contributed by atoms with Crippen LogP contribution in [0.1, 0.15) is 26.2 Å². The zero-order valence-electron chi connectivity index (χ0n) is 8.73. The second kappa shape index (κ2) is 6.13. The van der Waals surface area contributed by atoms with E-state index >= 15 is 0 Å². The molecule has 0 saturated heterocycles. The zero-order valence-corrected chi connectivity index (χ0v) is 9.73. The van der Waals surface area contributed by atoms with Crippen molar-refractivity contribution in [3.05, 3.63) is 0 Å². The standard InChI is InChI=1S/C9H19FO2Si/c1-4-5-7-12-9(11)6-8-13(2,3)10/h4-8H2,1-3H3. The van der Waals surface area contributed by atoms with Gasteiger partial charge in [-0.1, -0.05) is 13.3 Å². The summed E-state index contributed by atoms with van der Waals surface area (Å²) in [6, 6.07) is 0.373. The van der Waals surface area contributed by atoms with Crippen LogP contribution in [0.25, 0.3) is 0 Å². The number of carbonyl (C=O) groups excluding carboxylic acids is 1. The van der Waals surface area contributed by atoms with E-state index in [0.717, 1.165) is 12.8 Å². The van der Waals surface area contributed by atoms with Gasteiger partial charge in [-0.3, -0.25) is 4.79 Å². The van der Waals surface area contributed by atoms with Gasteiger partial charge in [-0.2, -0.15) is 0 Å². The maximum atomic E-state index is 13.1. The largest absolute Gasteiger partial charge is 0.466 e. The van der Waals surface area contributed by atoms with E-state index in [1.165, 1.54) is 0 Å². The normalized spacial score (nSPS) is 11.4. The average Bonchev–Trinajstić information content (AvgIpc) is 2.00. The van der Waals surface area contributed by atoms with E-state index in [1.807, 2.05) is 6.92 Å². The van der Waals surface area contributed by atoms with Gasteiger partial charge >= 0.3 is 5.97 Å². The van der Waals surface area contributed by atoms with Gasteiger partial charge in [0.05, 0.1) is 6.61 Å². The molecule has 0 amide bonds. The number of esters is 1. The summed E-state index contributed by atoms with van der Waals surface area (Å²) in [5.74, 6) is -0.258. The van der Waals surface area contributed by atoms with Gasteiger partial charge in [0.25, 0.3) is 0 Å². The number of carbonyl (C=O) groups is 1. The van der Waals surface area contributed by atoms with Crippen molar-refractivity contribution in [2.45, 2.75) is 45.3 Å². The Bertz CT molecular complexity index is 154. The van der Waals surface area contributed by atoms with Crippen molar-refractivity contribution in [2.24, 2.45) is 0 Å². The third-order valence-corrected chi connectivity index (χ3v) is 3.12. The van der Waals surface area contributed by atoms with Crippen molar-refractivity contribution in [3.8, 4) is 0 Å². The molecular weight excluding hydrogens is 187 g/mol. The van der Waals surface area contributed by atoms with Gasteiger partial charge < -0.3 is 8.84 Å². The van der Waals surface area contributed by atoms with Crippen LogP contribution in [0.5, 0.6) is 0 Å². The number of rotatable bonds is 6. The number of halogens is 1. The lowest BCUT2D eigenvalue weighted by Gasteiger charge is -2.09. The fourth-order valence-electron chi connectivity index (χ4n) is 0.802. The van der Waals surface area contributed by atoms with Crippen LogP contribution in [0.2, 0.25) is 19.1 Å². The van der Waals surface area contributed by atoms with Gasteiger partial charge in [0.2, 0.25) is 8.41 Å². The monoisotopic (exact) mass is 206 g/mol. The van der Waals surface area contributed by atoms with E-state index in [-0.39, 0.29) is 12.4 Å². The van der Waals surface area contributed by atoms with Crippen LogP contribution in [0.4, 0.5) is 4.11 Å². The van der Waals surface area contributed by atoms with Crippen molar-refractivity contribution < 1.29 is 13.6 Å². The third kappa shape index (κ3) is 9.53. The van der Waals surface area contributed by atoms with Crippen LogP contribution in [0.15, 0.2) is 0 Å². The van der Waals surface area contributed by atoms with E-state index in [2.05, 4.69) is 0 Å². The first-order valence-corrected chi connectivity index (χ1v) is 7.89. The molecule has 0 aromatic carbocycles. The summed E-state index contributed by atoms with van der Waals surface area (Å²) in [5, 5.41) is 0. The van der Waals surface area contributed by atoms with Crippen LogP contribution >= 0.6 is 0 Å². The first kappa shape index (κ1) is 12.6. The molecule has 0 atom stereocenters. The summed E-state index contributed by atoms with van der Waals surface area (Å²) >= 11 is 0. The molecule has 0 aliphatic heterocycles. The summed E-state index contributed by atoms with van der Waals surface area (Å²) in [5.41, 5.74) is 0. The minimum absolute atomic E-state index is 0.236. The Morgan fingerprint density at radius 2 is 2.08 bits per heavy atom. The van der Waals surface area contributed by atoms with Gasteiger partial charge in [-0.05, 0) is 25.6 Å². The zero-order chi connectivity index (χ0) is 10.3. The molecule has 0 aliphatic rings. The minimum atomic E-state index is -2.57. The third-order valence-electron chi connectivity index (χ3n) is 1.68. The molecule has 0 rings (SSSR count). The average molecular weight is 206 g/mol. The SMILES string of the molecule is CCCCOC(=O)CC[Si](C)(C)F. The maximum absolute atomic E-state index is 13.1. The molecule has 0 N–H and O–H groups in total. The molecule has 4 heteroatoms. The van der Waals surface area contributed by atoms with Crippen molar-refractivity contribution in [1.82, 2.24) is 0 Å². The van der Waals surface area contributed by atoms with E-state index in [9.17, 15) is 8.90 Å². The second-order valence-electron chi connectivity index (χ2n) is 3.79. The van der Waals surface area contributed by atoms with E-state index in [0.29, 0.717) is 12.7 Å². The van der Waals surface area contributed by atoms with Crippen molar-refractivity contribution >= 4 is 14.4 Å². The highest BCUT2D eigenvalue weighted by molar-refractivity contribution is 6.70. The van der Waals surface area contributed by atoms with E-state index in [1.54, 1.807) is 13.1 Å². The Labute approximate surface area is 80.7 Å². The molecule has 0 fully saturated rings. The summed E-state index contributed by atoms with van der Waals surface area (Å²) in [6.45, 7) is 5.72. The number of hydrogen-bond donors (Lipinski definition) is 0. The molecule has 0 saturated carbocycles. The lowest BCUT2D eigenvalue weighted by Crippen LogP contribution is -2.20. The fourth-order valence-corrected chi connectivity index (χ4v) is 1.60. The summed E-state index contributed by atoms with van der Waals surface area (Å²) in [7, 11) is -2.57. The van der Waals surface area contributed by atoms with Crippen LogP contribution < -0.4 is 0 Å². The highest BCUT2D eigenvalue weighted by Gasteiger charge is 2.21. The summed E-state index contributed by atoms with van der Waals surface area (Å²) in [6.07, 6.45) is 2.14. The van der Waals surface area contributed by atoms with E-state index < -0.39 is 8.41 Å². The number of hydrogen-bond acceptors (Lipinski definition) is 2. The lowest BCUT2D eigenvalue weighted by atomic mass is 10.4. The van der Waals surface area contributed by atoms with Crippen LogP contribution in [0, 0.1) is 0 Å². The molecule has 78 valence electrons. The first-order valence-electron chi connectivity index (χ1n) is 4.80. The summed E-state index contributed by atoms with van der Waals surface area (Å²) in [4.78, 5) is 11.0. The molecule has 0 aromatic rings. The molecule has 0 aliphatic carbocycles. The van der Waals surface area contributed by atoms with Gasteiger partial charge in [-0.15, -0.1) is 0 Å². The second-order valence-corrected chi connectivity index (χ2v) is 7.73. The van der Waals surface area contributed by atoms with Gasteiger partial charge in [0.15, 0.2) is 0 Å². The van der Waals surface area contributed by atoms with Crippen molar-refractivity contribution in [2.75, 3.05) is 6.61 Å². The number of unbranched alkanes of at least 4 members (excludes halogenated alkanes) is 1. The highest BCUT2D eigenvalue weighted by atomic mass is 28.4. The van der Waals surface area contributed by atoms with Crippen LogP contribution in [-0.4, -0.2) is 21.0 Å². The quantitative estimate of drug-likeness (QED) is 0.289. The molecule has 0 spiro atoms. The maximum Gasteiger partial charge on any atom is 0.305 e. The minimum Gasteiger partial charge on any atom is -0.466 e. The smallest absolute Gasteiger partial charge is 0.305 e. The van der Waals surface area contributed by atoms with Gasteiger partial charge in [0.1, 0.15) is 0 Å². The summed E-state index contributed by atoms with van der Waals surface area (Å²) < 4.78 is 18.0. The molecule has 0 bridgehead atoms. The highest BCUT2D eigenvalue weighted by Crippen LogP contribution is 2.13. The topological polar surface area (TPSA) is 26.3 Å². The Kier molecular flexibility index (Phi) is 5.95. The van der Waals surface area contributed by atoms with Crippen molar-refractivity contribution in [3.63, 3.8) is 0 Å². The van der Waals surface area contributed by atoms with Crippen LogP contribution in [-0.2, 0) is 9.53 Å². The molecule has 0 heterocycles. The predicted octanol–water partition coefficient (Wildman–Crippen LogP) is 2.89. The van der Waals surface area contributed by atoms with Crippen molar-refractivity contribution in [1.29, 1.82) is 0 Å². The van der Waals surface area contributed by atoms with E-state index in [4.69, 9.17) is 4.74 Å². The molecule has 0 aromatic heterocycles. The van der Waals surface area contributed by atoms with Gasteiger partial charge in [-0.25, -0.2) is 0 Å². The molecule has 0 unspecified atom stereocenters. The first-order chi connectivity index (χ1) is 5.95. The Morgan fingerprint density at radius 1 is 1.46 bits per heavy atom. The lowest BCUT2D eigenvalue weighted by molar-refractivity contribution is -0.143. The predicted molar refractivity (Wildman–Crippen MR) is 53.9 cm³/mol. The molecule has 2 nitrogen and oxygen atoms in total. The molecule has 0 radical (unpaired) electrons. The Morgan fingerprint density at radius 3 is 2.54 bits per heavy atom. The fraction of sp³-hybridized carbons (Fsp3) is 0.889. The number of ether oxygens (including phenoxy) is 1.